The van der Waals surface area contributed by atoms with Crippen molar-refractivity contribution in [3.05, 3.63) is 13.2 Å². The highest BCUT2D eigenvalue weighted by molar-refractivity contribution is 5.81. The van der Waals surface area contributed by atoms with Gasteiger partial charge in [0, 0.05) is 18.3 Å². The summed E-state index contributed by atoms with van der Waals surface area (Å²) in [6.45, 7) is 7.66. The molecule has 1 spiro atoms. The maximum Gasteiger partial charge on any atom is 0.133 e. The summed E-state index contributed by atoms with van der Waals surface area (Å²) >= 11 is 0. The third-order valence-corrected chi connectivity index (χ3v) is 2.32. The highest BCUT2D eigenvalue weighted by Gasteiger charge is 2.44. The Labute approximate surface area is 67.2 Å². The number of carbonyl (C=O) groups is 1. The molecule has 0 radical (unpaired) electrons. The predicted octanol–water partition coefficient (Wildman–Crippen LogP) is 1.56. The molecule has 11 heavy (non-hydrogen) atoms. The van der Waals surface area contributed by atoms with Crippen molar-refractivity contribution in [1.82, 2.24) is 0 Å². The van der Waals surface area contributed by atoms with Gasteiger partial charge in [0.05, 0.1) is 13.2 Å². The molecule has 1 heterocycles. The molecule has 0 atom stereocenters. The number of Topliss-reactive ketones (excluding diaryl/α,β-unsaturated/α-hetero) is 1. The van der Waals surface area contributed by atoms with Gasteiger partial charge in [0.1, 0.15) is 5.78 Å². The minimum absolute atomic E-state index is 0.317. The fourth-order valence-electron chi connectivity index (χ4n) is 1.64. The van der Waals surface area contributed by atoms with Crippen LogP contribution < -0.4 is 0 Å². The standard InChI is InChI=1S/C7H10O2.C2H4/c8-6-1-2-7(3-6)4-9-5-7;1-2/h1-5H2;1-2H2. The molecule has 1 aliphatic carbocycles. The van der Waals surface area contributed by atoms with E-state index in [4.69, 9.17) is 4.74 Å². The predicted molar refractivity (Wildman–Crippen MR) is 43.4 cm³/mol. The molecular weight excluding hydrogens is 140 g/mol. The highest BCUT2D eigenvalue weighted by atomic mass is 16.5. The maximum atomic E-state index is 10.8. The number of ketones is 1. The monoisotopic (exact) mass is 154 g/mol. The molecule has 2 fully saturated rings. The van der Waals surface area contributed by atoms with Crippen LogP contribution in [0.2, 0.25) is 0 Å². The quantitative estimate of drug-likeness (QED) is 0.495. The van der Waals surface area contributed by atoms with Gasteiger partial charge in [0.25, 0.3) is 0 Å². The van der Waals surface area contributed by atoms with E-state index in [1.807, 2.05) is 0 Å². The van der Waals surface area contributed by atoms with Crippen molar-refractivity contribution in [2.75, 3.05) is 13.2 Å². The molecule has 0 aromatic rings. The molecule has 2 rings (SSSR count). The molecule has 1 saturated heterocycles. The summed E-state index contributed by atoms with van der Waals surface area (Å²) < 4.78 is 5.06. The summed E-state index contributed by atoms with van der Waals surface area (Å²) in [7, 11) is 0. The zero-order valence-corrected chi connectivity index (χ0v) is 6.77. The summed E-state index contributed by atoms with van der Waals surface area (Å²) in [5.41, 5.74) is 0.317. The van der Waals surface area contributed by atoms with Gasteiger partial charge >= 0.3 is 0 Å². The number of hydrogen-bond donors (Lipinski definition) is 0. The van der Waals surface area contributed by atoms with E-state index in [1.54, 1.807) is 0 Å². The second kappa shape index (κ2) is 3.18. The first-order valence-electron chi connectivity index (χ1n) is 3.90. The average molecular weight is 154 g/mol. The van der Waals surface area contributed by atoms with Gasteiger partial charge < -0.3 is 4.74 Å². The third kappa shape index (κ3) is 1.51. The van der Waals surface area contributed by atoms with Crippen LogP contribution in [0.4, 0.5) is 0 Å². The molecule has 2 heteroatoms. The van der Waals surface area contributed by atoms with Crippen molar-refractivity contribution in [2.24, 2.45) is 5.41 Å². The van der Waals surface area contributed by atoms with Gasteiger partial charge in [-0.1, -0.05) is 0 Å². The van der Waals surface area contributed by atoms with E-state index in [0.29, 0.717) is 11.2 Å². The molecule has 0 unspecified atom stereocenters. The lowest BCUT2D eigenvalue weighted by Crippen LogP contribution is -2.40. The lowest BCUT2D eigenvalue weighted by Gasteiger charge is -2.36. The molecule has 0 bridgehead atoms. The summed E-state index contributed by atoms with van der Waals surface area (Å²) in [4.78, 5) is 10.8. The van der Waals surface area contributed by atoms with Gasteiger partial charge in [0.15, 0.2) is 0 Å². The van der Waals surface area contributed by atoms with Gasteiger partial charge in [-0.25, -0.2) is 0 Å². The Morgan fingerprint density at radius 2 is 2.00 bits per heavy atom. The fraction of sp³-hybridized carbons (Fsp3) is 0.667. The van der Waals surface area contributed by atoms with Crippen molar-refractivity contribution in [3.63, 3.8) is 0 Å². The van der Waals surface area contributed by atoms with Gasteiger partial charge in [0.2, 0.25) is 0 Å². The van der Waals surface area contributed by atoms with E-state index in [0.717, 1.165) is 32.5 Å². The van der Waals surface area contributed by atoms with E-state index >= 15 is 0 Å². The Bertz CT molecular complexity index is 159. The van der Waals surface area contributed by atoms with Crippen LogP contribution in [0, 0.1) is 5.41 Å². The van der Waals surface area contributed by atoms with Crippen molar-refractivity contribution in [3.8, 4) is 0 Å². The van der Waals surface area contributed by atoms with E-state index in [9.17, 15) is 4.79 Å². The average Bonchev–Trinajstić information content (AvgIpc) is 2.35. The molecule has 62 valence electrons. The van der Waals surface area contributed by atoms with Crippen molar-refractivity contribution < 1.29 is 9.53 Å². The molecule has 0 amide bonds. The van der Waals surface area contributed by atoms with E-state index in [2.05, 4.69) is 13.2 Å². The van der Waals surface area contributed by atoms with Crippen LogP contribution in [0.5, 0.6) is 0 Å². The first-order chi connectivity index (χ1) is 5.31. The molecule has 0 N–H and O–H groups in total. The van der Waals surface area contributed by atoms with Crippen LogP contribution >= 0.6 is 0 Å². The van der Waals surface area contributed by atoms with Gasteiger partial charge in [-0.15, -0.1) is 13.2 Å². The summed E-state index contributed by atoms with van der Waals surface area (Å²) in [5, 5.41) is 0. The van der Waals surface area contributed by atoms with Crippen LogP contribution in [0.1, 0.15) is 19.3 Å². The Morgan fingerprint density at radius 1 is 1.36 bits per heavy atom. The van der Waals surface area contributed by atoms with Crippen LogP contribution in [0.3, 0.4) is 0 Å². The van der Waals surface area contributed by atoms with Crippen LogP contribution in [0.25, 0.3) is 0 Å². The van der Waals surface area contributed by atoms with Crippen LogP contribution in [-0.2, 0) is 9.53 Å². The molecule has 1 aliphatic heterocycles. The minimum Gasteiger partial charge on any atom is -0.380 e. The van der Waals surface area contributed by atoms with Crippen molar-refractivity contribution in [2.45, 2.75) is 19.3 Å². The van der Waals surface area contributed by atoms with Gasteiger partial charge in [-0.3, -0.25) is 4.79 Å². The van der Waals surface area contributed by atoms with E-state index in [1.165, 1.54) is 0 Å². The number of hydrogen-bond acceptors (Lipinski definition) is 2. The number of carbonyl (C=O) groups excluding carboxylic acids is 1. The fourth-order valence-corrected chi connectivity index (χ4v) is 1.64. The second-order valence-corrected chi connectivity index (χ2v) is 3.21. The van der Waals surface area contributed by atoms with Crippen molar-refractivity contribution >= 4 is 5.78 Å². The summed E-state index contributed by atoms with van der Waals surface area (Å²) in [6, 6.07) is 0. The second-order valence-electron chi connectivity index (χ2n) is 3.21. The largest absolute Gasteiger partial charge is 0.380 e. The molecule has 2 aliphatic rings. The molecule has 2 nitrogen and oxygen atoms in total. The van der Waals surface area contributed by atoms with Crippen LogP contribution in [-0.4, -0.2) is 19.0 Å². The lowest BCUT2D eigenvalue weighted by atomic mass is 9.84. The number of rotatable bonds is 0. The van der Waals surface area contributed by atoms with E-state index < -0.39 is 0 Å². The van der Waals surface area contributed by atoms with E-state index in [-0.39, 0.29) is 0 Å². The lowest BCUT2D eigenvalue weighted by molar-refractivity contribution is -0.127. The van der Waals surface area contributed by atoms with Gasteiger partial charge in [-0.05, 0) is 6.42 Å². The zero-order valence-electron chi connectivity index (χ0n) is 6.77. The number of ether oxygens (including phenoxy) is 1. The third-order valence-electron chi connectivity index (χ3n) is 2.32. The van der Waals surface area contributed by atoms with Gasteiger partial charge in [-0.2, -0.15) is 0 Å². The Hall–Kier alpha value is -0.630. The SMILES string of the molecule is C=C.O=C1CCC2(COC2)C1. The normalized spacial score (nSPS) is 25.6. The highest BCUT2D eigenvalue weighted by Crippen LogP contribution is 2.41. The van der Waals surface area contributed by atoms with Crippen LogP contribution in [0.15, 0.2) is 13.2 Å². The summed E-state index contributed by atoms with van der Waals surface area (Å²) in [6.07, 6.45) is 2.65. The Kier molecular flexibility index (Phi) is 2.45. The molecule has 1 saturated carbocycles. The Balaban J connectivity index is 0.000000281. The van der Waals surface area contributed by atoms with Crippen molar-refractivity contribution in [1.29, 1.82) is 0 Å². The molecule has 0 aromatic heterocycles. The molecular formula is C9H14O2. The Morgan fingerprint density at radius 3 is 2.18 bits per heavy atom. The maximum absolute atomic E-state index is 10.8. The minimum atomic E-state index is 0.317. The smallest absolute Gasteiger partial charge is 0.133 e. The topological polar surface area (TPSA) is 26.3 Å². The first kappa shape index (κ1) is 8.47. The summed E-state index contributed by atoms with van der Waals surface area (Å²) in [5.74, 6) is 0.429. The first-order valence-corrected chi connectivity index (χ1v) is 3.90. The zero-order chi connectivity index (χ0) is 8.32. The molecule has 0 aromatic carbocycles.